The molecule has 4 heteroatoms. The molecule has 0 aliphatic carbocycles. The average Bonchev–Trinajstić information content (AvgIpc) is 2.54. The fourth-order valence-electron chi connectivity index (χ4n) is 1.62. The van der Waals surface area contributed by atoms with Crippen molar-refractivity contribution in [3.63, 3.8) is 0 Å². The number of aromatic nitrogens is 2. The number of nitrogens with two attached hydrogens (primary N) is 1. The largest absolute Gasteiger partial charge is 0.325 e. The highest BCUT2D eigenvalue weighted by molar-refractivity contribution is 9.10. The molecule has 0 atom stereocenters. The molecule has 0 radical (unpaired) electrons. The van der Waals surface area contributed by atoms with Crippen molar-refractivity contribution >= 4 is 21.6 Å². The summed E-state index contributed by atoms with van der Waals surface area (Å²) in [4.78, 5) is 4.51. The summed E-state index contributed by atoms with van der Waals surface area (Å²) in [5, 5.41) is 0. The number of halogens is 1. The Bertz CT molecular complexity index is 462. The minimum Gasteiger partial charge on any atom is -0.325 e. The summed E-state index contributed by atoms with van der Waals surface area (Å²) in [6, 6.07) is 3.98. The number of pyridine rings is 1. The molecule has 0 bridgehead atoms. The van der Waals surface area contributed by atoms with Crippen molar-refractivity contribution in [3.8, 4) is 0 Å². The lowest BCUT2D eigenvalue weighted by atomic mass is 10.2. The Morgan fingerprint density at radius 2 is 2.29 bits per heavy atom. The van der Waals surface area contributed by atoms with E-state index >= 15 is 0 Å². The second-order valence-corrected chi connectivity index (χ2v) is 4.05. The molecule has 0 saturated heterocycles. The molecule has 2 heterocycles. The molecule has 0 fully saturated rings. The Kier molecular flexibility index (Phi) is 2.56. The van der Waals surface area contributed by atoms with Crippen LogP contribution in [0.5, 0.6) is 0 Å². The van der Waals surface area contributed by atoms with E-state index in [9.17, 15) is 0 Å². The first kappa shape index (κ1) is 9.68. The van der Waals surface area contributed by atoms with Gasteiger partial charge in [-0.1, -0.05) is 6.92 Å². The lowest BCUT2D eigenvalue weighted by Gasteiger charge is -2.00. The van der Waals surface area contributed by atoms with Crippen LogP contribution in [0.25, 0.3) is 5.65 Å². The summed E-state index contributed by atoms with van der Waals surface area (Å²) in [7, 11) is 0. The van der Waals surface area contributed by atoms with Crippen molar-refractivity contribution in [2.24, 2.45) is 5.73 Å². The average molecular weight is 254 g/mol. The molecule has 2 N–H and O–H groups in total. The molecule has 0 aromatic carbocycles. The third kappa shape index (κ3) is 1.44. The molecular formula is C10H12BrN3. The Morgan fingerprint density at radius 1 is 1.50 bits per heavy atom. The Labute approximate surface area is 91.1 Å². The van der Waals surface area contributed by atoms with Gasteiger partial charge in [0.1, 0.15) is 5.65 Å². The summed E-state index contributed by atoms with van der Waals surface area (Å²) in [6.07, 6.45) is 2.93. The van der Waals surface area contributed by atoms with Gasteiger partial charge in [0.2, 0.25) is 0 Å². The topological polar surface area (TPSA) is 43.3 Å². The van der Waals surface area contributed by atoms with Gasteiger partial charge in [0.25, 0.3) is 0 Å². The first-order chi connectivity index (χ1) is 6.76. The van der Waals surface area contributed by atoms with E-state index in [1.165, 1.54) is 0 Å². The van der Waals surface area contributed by atoms with Crippen molar-refractivity contribution < 1.29 is 0 Å². The highest BCUT2D eigenvalue weighted by atomic mass is 79.9. The summed E-state index contributed by atoms with van der Waals surface area (Å²) in [5.41, 5.74) is 8.86. The van der Waals surface area contributed by atoms with E-state index in [1.54, 1.807) is 0 Å². The third-order valence-electron chi connectivity index (χ3n) is 2.29. The Morgan fingerprint density at radius 3 is 2.93 bits per heavy atom. The molecule has 3 nitrogen and oxygen atoms in total. The molecule has 0 saturated carbocycles. The van der Waals surface area contributed by atoms with E-state index < -0.39 is 0 Å². The highest BCUT2D eigenvalue weighted by Gasteiger charge is 2.08. The van der Waals surface area contributed by atoms with Gasteiger partial charge in [-0.25, -0.2) is 4.98 Å². The summed E-state index contributed by atoms with van der Waals surface area (Å²) >= 11 is 3.44. The smallest absolute Gasteiger partial charge is 0.137 e. The van der Waals surface area contributed by atoms with E-state index in [-0.39, 0.29) is 0 Å². The van der Waals surface area contributed by atoms with Gasteiger partial charge in [0.15, 0.2) is 0 Å². The van der Waals surface area contributed by atoms with Crippen molar-refractivity contribution in [2.75, 3.05) is 0 Å². The molecule has 2 aromatic heterocycles. The zero-order valence-corrected chi connectivity index (χ0v) is 9.58. The van der Waals surface area contributed by atoms with Crippen LogP contribution in [0.15, 0.2) is 22.8 Å². The lowest BCUT2D eigenvalue weighted by Crippen LogP contribution is -2.03. The van der Waals surface area contributed by atoms with Gasteiger partial charge >= 0.3 is 0 Å². The molecule has 14 heavy (non-hydrogen) atoms. The number of aryl methyl sites for hydroxylation is 1. The van der Waals surface area contributed by atoms with Gasteiger partial charge in [0, 0.05) is 17.2 Å². The van der Waals surface area contributed by atoms with Gasteiger partial charge < -0.3 is 10.1 Å². The first-order valence-corrected chi connectivity index (χ1v) is 5.41. The van der Waals surface area contributed by atoms with Gasteiger partial charge in [0.05, 0.1) is 11.4 Å². The minimum atomic E-state index is 0.529. The number of nitrogens with zero attached hydrogens (tertiary/aromatic N) is 2. The maximum absolute atomic E-state index is 5.71. The van der Waals surface area contributed by atoms with Gasteiger partial charge in [-0.15, -0.1) is 0 Å². The van der Waals surface area contributed by atoms with Crippen molar-refractivity contribution in [2.45, 2.75) is 19.9 Å². The zero-order valence-electron chi connectivity index (χ0n) is 8.00. The molecule has 0 aliphatic rings. The van der Waals surface area contributed by atoms with Crippen molar-refractivity contribution in [3.05, 3.63) is 34.2 Å². The molecule has 0 amide bonds. The molecular weight excluding hydrogens is 242 g/mol. The summed E-state index contributed by atoms with van der Waals surface area (Å²) in [5.74, 6) is 0. The summed E-state index contributed by atoms with van der Waals surface area (Å²) in [6.45, 7) is 2.62. The summed E-state index contributed by atoms with van der Waals surface area (Å²) < 4.78 is 3.09. The maximum Gasteiger partial charge on any atom is 0.137 e. The van der Waals surface area contributed by atoms with E-state index in [2.05, 4.69) is 27.8 Å². The normalized spacial score (nSPS) is 11.1. The highest BCUT2D eigenvalue weighted by Crippen LogP contribution is 2.16. The van der Waals surface area contributed by atoms with Crippen LogP contribution in [0.1, 0.15) is 18.3 Å². The van der Waals surface area contributed by atoms with Crippen LogP contribution in [-0.4, -0.2) is 9.38 Å². The molecule has 0 unspecified atom stereocenters. The van der Waals surface area contributed by atoms with Gasteiger partial charge in [-0.2, -0.15) is 0 Å². The lowest BCUT2D eigenvalue weighted by molar-refractivity contribution is 0.914. The van der Waals surface area contributed by atoms with E-state index in [4.69, 9.17) is 5.73 Å². The molecule has 0 spiro atoms. The fraction of sp³-hybridized carbons (Fsp3) is 0.300. The maximum atomic E-state index is 5.71. The molecule has 0 aliphatic heterocycles. The van der Waals surface area contributed by atoms with E-state index in [0.29, 0.717) is 6.54 Å². The van der Waals surface area contributed by atoms with Gasteiger partial charge in [-0.05, 0) is 34.5 Å². The van der Waals surface area contributed by atoms with Crippen LogP contribution in [0.4, 0.5) is 0 Å². The number of hydrogen-bond acceptors (Lipinski definition) is 2. The van der Waals surface area contributed by atoms with Crippen LogP contribution in [0.3, 0.4) is 0 Å². The minimum absolute atomic E-state index is 0.529. The van der Waals surface area contributed by atoms with E-state index in [1.807, 2.05) is 22.7 Å². The van der Waals surface area contributed by atoms with Crippen molar-refractivity contribution in [1.82, 2.24) is 9.38 Å². The van der Waals surface area contributed by atoms with E-state index in [0.717, 1.165) is 27.9 Å². The fourth-order valence-corrected chi connectivity index (χ4v) is 1.95. The number of hydrogen-bond donors (Lipinski definition) is 1. The van der Waals surface area contributed by atoms with Crippen LogP contribution in [-0.2, 0) is 13.0 Å². The Balaban J connectivity index is 2.74. The predicted octanol–water partition coefficient (Wildman–Crippen LogP) is 2.12. The second kappa shape index (κ2) is 3.71. The second-order valence-electron chi connectivity index (χ2n) is 3.14. The number of fused-ring (bicyclic) bond motifs is 1. The molecule has 74 valence electrons. The van der Waals surface area contributed by atoms with Crippen molar-refractivity contribution in [1.29, 1.82) is 0 Å². The van der Waals surface area contributed by atoms with Crippen LogP contribution >= 0.6 is 15.9 Å². The monoisotopic (exact) mass is 253 g/mol. The van der Waals surface area contributed by atoms with Gasteiger partial charge in [-0.3, -0.25) is 0 Å². The van der Waals surface area contributed by atoms with Crippen LogP contribution in [0, 0.1) is 0 Å². The van der Waals surface area contributed by atoms with Crippen LogP contribution in [0.2, 0.25) is 0 Å². The number of imidazole rings is 1. The standard InChI is InChI=1S/C10H12BrN3/c1-2-8-9(5-12)14-6-7(11)3-4-10(14)13-8/h3-4,6H,2,5,12H2,1H3. The third-order valence-corrected chi connectivity index (χ3v) is 2.76. The number of rotatable bonds is 2. The zero-order chi connectivity index (χ0) is 10.1. The predicted molar refractivity (Wildman–Crippen MR) is 60.2 cm³/mol. The molecule has 2 aromatic rings. The molecule has 2 rings (SSSR count). The Hall–Kier alpha value is -0.870. The first-order valence-electron chi connectivity index (χ1n) is 4.61. The quantitative estimate of drug-likeness (QED) is 0.891. The SMILES string of the molecule is CCc1nc2ccc(Br)cn2c1CN. The van der Waals surface area contributed by atoms with Crippen LogP contribution < -0.4 is 5.73 Å².